The zero-order valence-electron chi connectivity index (χ0n) is 10.7. The van der Waals surface area contributed by atoms with E-state index in [1.165, 1.54) is 0 Å². The number of aromatic nitrogens is 2. The highest BCUT2D eigenvalue weighted by molar-refractivity contribution is 6.30. The summed E-state index contributed by atoms with van der Waals surface area (Å²) < 4.78 is 0. The number of rotatable bonds is 2. The molecular formula is C15H13ClN4. The minimum Gasteiger partial charge on any atom is -0.383 e. The Labute approximate surface area is 121 Å². The summed E-state index contributed by atoms with van der Waals surface area (Å²) in [6, 6.07) is 13.7. The molecule has 4 N–H and O–H groups in total. The van der Waals surface area contributed by atoms with E-state index in [9.17, 15) is 0 Å². The molecule has 3 rings (SSSR count). The highest BCUT2D eigenvalue weighted by Gasteiger charge is 2.05. The van der Waals surface area contributed by atoms with E-state index >= 15 is 0 Å². The van der Waals surface area contributed by atoms with Gasteiger partial charge in [0.1, 0.15) is 5.82 Å². The van der Waals surface area contributed by atoms with Crippen molar-refractivity contribution in [2.45, 2.75) is 6.42 Å². The molecule has 0 amide bonds. The van der Waals surface area contributed by atoms with Crippen molar-refractivity contribution in [2.75, 3.05) is 11.5 Å². The third-order valence-electron chi connectivity index (χ3n) is 3.10. The monoisotopic (exact) mass is 284 g/mol. The highest BCUT2D eigenvalue weighted by Crippen LogP contribution is 2.22. The van der Waals surface area contributed by atoms with E-state index in [-0.39, 0.29) is 5.95 Å². The van der Waals surface area contributed by atoms with Crippen LogP contribution >= 0.6 is 11.6 Å². The first kappa shape index (κ1) is 12.7. The average Bonchev–Trinajstić information content (AvgIpc) is 2.39. The number of hydrogen-bond acceptors (Lipinski definition) is 4. The molecule has 0 spiro atoms. The van der Waals surface area contributed by atoms with Crippen molar-refractivity contribution < 1.29 is 0 Å². The molecule has 0 bridgehead atoms. The molecular weight excluding hydrogens is 272 g/mol. The molecule has 1 heterocycles. The number of halogens is 1. The van der Waals surface area contributed by atoms with Crippen molar-refractivity contribution in [1.29, 1.82) is 0 Å². The van der Waals surface area contributed by atoms with Gasteiger partial charge in [-0.25, -0.2) is 4.98 Å². The topological polar surface area (TPSA) is 77.8 Å². The molecule has 0 fully saturated rings. The van der Waals surface area contributed by atoms with Gasteiger partial charge in [0.05, 0.1) is 5.52 Å². The van der Waals surface area contributed by atoms with Crippen LogP contribution in [0.15, 0.2) is 42.5 Å². The van der Waals surface area contributed by atoms with Crippen molar-refractivity contribution in [3.05, 3.63) is 58.6 Å². The summed E-state index contributed by atoms with van der Waals surface area (Å²) in [5, 5.41) is 1.55. The van der Waals surface area contributed by atoms with Gasteiger partial charge in [-0.15, -0.1) is 0 Å². The Balaban J connectivity index is 2.01. The van der Waals surface area contributed by atoms with Gasteiger partial charge in [-0.3, -0.25) is 0 Å². The maximum atomic E-state index is 5.99. The fraction of sp³-hybridized carbons (Fsp3) is 0.0667. The van der Waals surface area contributed by atoms with E-state index in [1.54, 1.807) is 0 Å². The second-order valence-corrected chi connectivity index (χ2v) is 5.06. The summed E-state index contributed by atoms with van der Waals surface area (Å²) >= 11 is 5.99. The Bertz CT molecular complexity index is 786. The van der Waals surface area contributed by atoms with Crippen LogP contribution in [0.4, 0.5) is 11.8 Å². The van der Waals surface area contributed by atoms with Gasteiger partial charge in [-0.1, -0.05) is 29.8 Å². The lowest BCUT2D eigenvalue weighted by Crippen LogP contribution is -2.01. The van der Waals surface area contributed by atoms with Crippen molar-refractivity contribution >= 4 is 34.3 Å². The molecule has 2 aromatic carbocycles. The van der Waals surface area contributed by atoms with Gasteiger partial charge >= 0.3 is 0 Å². The average molecular weight is 285 g/mol. The minimum absolute atomic E-state index is 0.192. The molecule has 1 aromatic heterocycles. The first-order valence-electron chi connectivity index (χ1n) is 6.18. The Hall–Kier alpha value is -2.33. The predicted octanol–water partition coefficient (Wildman–Crippen LogP) is 3.04. The van der Waals surface area contributed by atoms with Gasteiger partial charge in [0.25, 0.3) is 0 Å². The molecule has 20 heavy (non-hydrogen) atoms. The van der Waals surface area contributed by atoms with E-state index in [2.05, 4.69) is 9.97 Å². The van der Waals surface area contributed by atoms with Crippen LogP contribution in [0.3, 0.4) is 0 Å². The van der Waals surface area contributed by atoms with E-state index in [1.807, 2.05) is 42.5 Å². The molecule has 5 heteroatoms. The van der Waals surface area contributed by atoms with Gasteiger partial charge in [-0.05, 0) is 41.8 Å². The second-order valence-electron chi connectivity index (χ2n) is 4.63. The predicted molar refractivity (Wildman–Crippen MR) is 82.6 cm³/mol. The highest BCUT2D eigenvalue weighted by atomic mass is 35.5. The van der Waals surface area contributed by atoms with Crippen LogP contribution in [0.25, 0.3) is 10.9 Å². The summed E-state index contributed by atoms with van der Waals surface area (Å²) in [6.07, 6.45) is 0.778. The molecule has 4 nitrogen and oxygen atoms in total. The zero-order valence-corrected chi connectivity index (χ0v) is 11.4. The third-order valence-corrected chi connectivity index (χ3v) is 3.34. The molecule has 3 aromatic rings. The second kappa shape index (κ2) is 4.98. The van der Waals surface area contributed by atoms with Gasteiger partial charge in [0.15, 0.2) is 0 Å². The maximum absolute atomic E-state index is 5.99. The Morgan fingerprint density at radius 2 is 1.75 bits per heavy atom. The van der Waals surface area contributed by atoms with Gasteiger partial charge in [0, 0.05) is 10.4 Å². The number of benzene rings is 2. The lowest BCUT2D eigenvalue weighted by atomic mass is 10.0. The van der Waals surface area contributed by atoms with Crippen molar-refractivity contribution in [2.24, 2.45) is 0 Å². The molecule has 0 unspecified atom stereocenters. The number of nitrogen functional groups attached to an aromatic ring is 2. The van der Waals surface area contributed by atoms with Crippen LogP contribution in [0.5, 0.6) is 0 Å². The van der Waals surface area contributed by atoms with E-state index in [4.69, 9.17) is 23.1 Å². The number of hydrogen-bond donors (Lipinski definition) is 2. The fourth-order valence-corrected chi connectivity index (χ4v) is 2.42. The molecule has 0 aliphatic carbocycles. The Morgan fingerprint density at radius 1 is 0.950 bits per heavy atom. The van der Waals surface area contributed by atoms with E-state index in [0.717, 1.165) is 33.5 Å². The van der Waals surface area contributed by atoms with Crippen LogP contribution in [0.2, 0.25) is 5.02 Å². The van der Waals surface area contributed by atoms with Gasteiger partial charge < -0.3 is 11.5 Å². The van der Waals surface area contributed by atoms with Crippen LogP contribution < -0.4 is 11.5 Å². The Morgan fingerprint density at radius 3 is 2.55 bits per heavy atom. The number of fused-ring (bicyclic) bond motifs is 1. The van der Waals surface area contributed by atoms with Crippen molar-refractivity contribution in [1.82, 2.24) is 9.97 Å². The molecule has 0 saturated heterocycles. The van der Waals surface area contributed by atoms with Crippen LogP contribution in [0, 0.1) is 0 Å². The normalized spacial score (nSPS) is 10.8. The first-order chi connectivity index (χ1) is 9.61. The molecule has 0 radical (unpaired) electrons. The molecule has 0 saturated carbocycles. The molecule has 0 aliphatic heterocycles. The minimum atomic E-state index is 0.192. The standard InChI is InChI=1S/C15H13ClN4/c16-11-3-1-2-9(7-11)6-10-4-5-13-12(8-10)14(17)20-15(18)19-13/h1-5,7-8H,6H2,(H4,17,18,19,20). The molecule has 100 valence electrons. The molecule has 0 atom stereocenters. The summed E-state index contributed by atoms with van der Waals surface area (Å²) in [5.74, 6) is 0.595. The summed E-state index contributed by atoms with van der Waals surface area (Å²) in [4.78, 5) is 8.15. The lowest BCUT2D eigenvalue weighted by molar-refractivity contribution is 1.19. The summed E-state index contributed by atoms with van der Waals surface area (Å²) in [7, 11) is 0. The molecule has 0 aliphatic rings. The zero-order chi connectivity index (χ0) is 14.1. The smallest absolute Gasteiger partial charge is 0.222 e. The Kier molecular flexibility index (Phi) is 3.16. The third kappa shape index (κ3) is 2.51. The number of nitrogens with two attached hydrogens (primary N) is 2. The van der Waals surface area contributed by atoms with Crippen LogP contribution in [0.1, 0.15) is 11.1 Å². The van der Waals surface area contributed by atoms with Gasteiger partial charge in [-0.2, -0.15) is 4.98 Å². The van der Waals surface area contributed by atoms with Crippen LogP contribution in [-0.4, -0.2) is 9.97 Å². The summed E-state index contributed by atoms with van der Waals surface area (Å²) in [5.41, 5.74) is 14.5. The lowest BCUT2D eigenvalue weighted by Gasteiger charge is -2.06. The summed E-state index contributed by atoms with van der Waals surface area (Å²) in [6.45, 7) is 0. The number of anilines is 2. The van der Waals surface area contributed by atoms with E-state index < -0.39 is 0 Å². The van der Waals surface area contributed by atoms with E-state index in [0.29, 0.717) is 5.82 Å². The number of nitrogens with zero attached hydrogens (tertiary/aromatic N) is 2. The SMILES string of the molecule is Nc1nc(N)c2cc(Cc3cccc(Cl)c3)ccc2n1. The largest absolute Gasteiger partial charge is 0.383 e. The maximum Gasteiger partial charge on any atom is 0.222 e. The fourth-order valence-electron chi connectivity index (χ4n) is 2.21. The van der Waals surface area contributed by atoms with Crippen molar-refractivity contribution in [3.8, 4) is 0 Å². The van der Waals surface area contributed by atoms with Gasteiger partial charge in [0.2, 0.25) is 5.95 Å². The van der Waals surface area contributed by atoms with Crippen LogP contribution in [-0.2, 0) is 6.42 Å². The van der Waals surface area contributed by atoms with Crippen molar-refractivity contribution in [3.63, 3.8) is 0 Å². The first-order valence-corrected chi connectivity index (χ1v) is 6.56. The quantitative estimate of drug-likeness (QED) is 0.758.